The average molecular weight is 472 g/mol. The maximum atomic E-state index is 13.2. The fourth-order valence-electron chi connectivity index (χ4n) is 5.53. The zero-order chi connectivity index (χ0) is 24.2. The Morgan fingerprint density at radius 3 is 2.31 bits per heavy atom. The number of aliphatic hydroxyl groups is 1. The number of fused-ring (bicyclic) bond motifs is 1. The molecule has 35 heavy (non-hydrogen) atoms. The van der Waals surface area contributed by atoms with Gasteiger partial charge < -0.3 is 20.1 Å². The number of nitrogens with zero attached hydrogens (tertiary/aromatic N) is 2. The highest BCUT2D eigenvalue weighted by Gasteiger charge is 2.49. The molecule has 0 aromatic heterocycles. The van der Waals surface area contributed by atoms with E-state index < -0.39 is 0 Å². The molecule has 0 bridgehead atoms. The normalized spacial score (nSPS) is 22.3. The Morgan fingerprint density at radius 1 is 0.943 bits per heavy atom. The van der Waals surface area contributed by atoms with Gasteiger partial charge >= 0.3 is 6.03 Å². The van der Waals surface area contributed by atoms with Crippen molar-refractivity contribution in [2.24, 2.45) is 0 Å². The first-order chi connectivity index (χ1) is 17.2. The van der Waals surface area contributed by atoms with E-state index in [4.69, 9.17) is 4.74 Å². The molecule has 0 saturated carbocycles. The van der Waals surface area contributed by atoms with Gasteiger partial charge in [-0.25, -0.2) is 4.79 Å². The van der Waals surface area contributed by atoms with E-state index in [1.807, 2.05) is 35.2 Å². The van der Waals surface area contributed by atoms with Crippen LogP contribution in [0.3, 0.4) is 0 Å². The fraction of sp³-hybridized carbons (Fsp3) is 0.345. The van der Waals surface area contributed by atoms with Crippen molar-refractivity contribution in [3.8, 4) is 16.9 Å². The summed E-state index contributed by atoms with van der Waals surface area (Å²) >= 11 is 0. The van der Waals surface area contributed by atoms with Gasteiger partial charge in [0, 0.05) is 36.8 Å². The zero-order valence-electron chi connectivity index (χ0n) is 20.1. The monoisotopic (exact) mass is 471 g/mol. The number of nitrogens with one attached hydrogen (secondary N) is 1. The van der Waals surface area contributed by atoms with Gasteiger partial charge in [0.05, 0.1) is 13.7 Å². The quantitative estimate of drug-likeness (QED) is 0.560. The summed E-state index contributed by atoms with van der Waals surface area (Å²) in [7, 11) is 1.63. The van der Waals surface area contributed by atoms with Crippen molar-refractivity contribution in [3.63, 3.8) is 0 Å². The van der Waals surface area contributed by atoms with Gasteiger partial charge in [0.2, 0.25) is 0 Å². The lowest BCUT2D eigenvalue weighted by atomic mass is 9.74. The molecule has 3 aromatic carbocycles. The third-order valence-electron chi connectivity index (χ3n) is 7.40. The van der Waals surface area contributed by atoms with Crippen LogP contribution >= 0.6 is 0 Å². The van der Waals surface area contributed by atoms with Gasteiger partial charge in [-0.3, -0.25) is 4.90 Å². The third kappa shape index (κ3) is 4.90. The summed E-state index contributed by atoms with van der Waals surface area (Å²) in [5.41, 5.74) is 4.36. The molecule has 6 nitrogen and oxygen atoms in total. The number of urea groups is 1. The minimum absolute atomic E-state index is 0.0809. The highest BCUT2D eigenvalue weighted by atomic mass is 16.5. The molecule has 2 amide bonds. The lowest BCUT2D eigenvalue weighted by Crippen LogP contribution is -2.68. The molecule has 2 N–H and O–H groups in total. The van der Waals surface area contributed by atoms with E-state index >= 15 is 0 Å². The maximum Gasteiger partial charge on any atom is 0.321 e. The summed E-state index contributed by atoms with van der Waals surface area (Å²) in [4.78, 5) is 17.5. The molecule has 2 fully saturated rings. The number of carbonyl (C=O) groups excluding carboxylic acids is 1. The van der Waals surface area contributed by atoms with E-state index in [0.29, 0.717) is 6.54 Å². The van der Waals surface area contributed by atoms with Crippen molar-refractivity contribution in [2.75, 3.05) is 38.7 Å². The lowest BCUT2D eigenvalue weighted by molar-refractivity contribution is -0.0585. The molecule has 0 radical (unpaired) electrons. The second-order valence-corrected chi connectivity index (χ2v) is 9.38. The van der Waals surface area contributed by atoms with Gasteiger partial charge in [-0.1, -0.05) is 54.6 Å². The number of amides is 2. The Morgan fingerprint density at radius 2 is 1.63 bits per heavy atom. The van der Waals surface area contributed by atoms with Gasteiger partial charge in [-0.05, 0) is 60.3 Å². The number of ether oxygens (including phenoxy) is 1. The summed E-state index contributed by atoms with van der Waals surface area (Å²) in [6.07, 6.45) is 1.97. The molecule has 0 aliphatic carbocycles. The number of hydrogen-bond donors (Lipinski definition) is 2. The maximum absolute atomic E-state index is 13.2. The Kier molecular flexibility index (Phi) is 7.02. The van der Waals surface area contributed by atoms with Gasteiger partial charge in [0.25, 0.3) is 0 Å². The van der Waals surface area contributed by atoms with Crippen molar-refractivity contribution in [1.29, 1.82) is 0 Å². The van der Waals surface area contributed by atoms with Crippen LogP contribution < -0.4 is 10.1 Å². The van der Waals surface area contributed by atoms with E-state index in [0.717, 1.165) is 37.4 Å². The summed E-state index contributed by atoms with van der Waals surface area (Å²) in [6, 6.07) is 26.7. The molecule has 2 heterocycles. The van der Waals surface area contributed by atoms with Crippen molar-refractivity contribution < 1.29 is 14.6 Å². The molecule has 3 aromatic rings. The summed E-state index contributed by atoms with van der Waals surface area (Å²) in [5, 5.41) is 13.3. The molecule has 2 saturated heterocycles. The van der Waals surface area contributed by atoms with E-state index in [9.17, 15) is 9.90 Å². The Hall–Kier alpha value is -3.35. The van der Waals surface area contributed by atoms with Crippen LogP contribution in [0.5, 0.6) is 5.75 Å². The molecule has 1 unspecified atom stereocenters. The minimum atomic E-state index is -0.0809. The molecule has 6 heteroatoms. The number of anilines is 1. The van der Waals surface area contributed by atoms with Crippen LogP contribution in [0, 0.1) is 0 Å². The largest absolute Gasteiger partial charge is 0.497 e. The first-order valence-electron chi connectivity index (χ1n) is 12.4. The Bertz CT molecular complexity index is 1120. The van der Waals surface area contributed by atoms with E-state index in [1.165, 1.54) is 16.7 Å². The average Bonchev–Trinajstić information content (AvgIpc) is 2.89. The second-order valence-electron chi connectivity index (χ2n) is 9.38. The third-order valence-corrected chi connectivity index (χ3v) is 7.40. The van der Waals surface area contributed by atoms with Crippen molar-refractivity contribution in [1.82, 2.24) is 9.80 Å². The van der Waals surface area contributed by atoms with Crippen LogP contribution in [0.1, 0.15) is 24.3 Å². The van der Waals surface area contributed by atoms with Crippen molar-refractivity contribution >= 4 is 11.7 Å². The van der Waals surface area contributed by atoms with Crippen LogP contribution in [0.25, 0.3) is 11.1 Å². The first kappa shape index (κ1) is 23.4. The predicted molar refractivity (Wildman–Crippen MR) is 139 cm³/mol. The summed E-state index contributed by atoms with van der Waals surface area (Å²) in [6.45, 7) is 2.46. The number of rotatable bonds is 5. The van der Waals surface area contributed by atoms with Crippen molar-refractivity contribution in [2.45, 2.75) is 30.8 Å². The van der Waals surface area contributed by atoms with Crippen LogP contribution in [0.2, 0.25) is 0 Å². The highest BCUT2D eigenvalue weighted by molar-refractivity contribution is 5.89. The number of carbonyl (C=O) groups is 1. The SMILES string of the molecule is COc1ccc(NC(=O)N2CCCCN3C(C2)[C@@H](c2ccc(-c4ccccc4)cc2)[C@H]3CO)cc1. The molecule has 2 aliphatic rings. The summed E-state index contributed by atoms with van der Waals surface area (Å²) < 4.78 is 5.21. The Labute approximate surface area is 207 Å². The fourth-order valence-corrected chi connectivity index (χ4v) is 5.53. The molecular formula is C29H33N3O3. The Balaban J connectivity index is 1.32. The van der Waals surface area contributed by atoms with Crippen molar-refractivity contribution in [3.05, 3.63) is 84.4 Å². The molecule has 182 valence electrons. The van der Waals surface area contributed by atoms with Crippen LogP contribution in [0.15, 0.2) is 78.9 Å². The van der Waals surface area contributed by atoms with Gasteiger partial charge in [-0.15, -0.1) is 0 Å². The van der Waals surface area contributed by atoms with E-state index in [-0.39, 0.29) is 30.6 Å². The van der Waals surface area contributed by atoms with E-state index in [2.05, 4.69) is 58.7 Å². The summed E-state index contributed by atoms with van der Waals surface area (Å²) in [5.74, 6) is 0.953. The second kappa shape index (κ2) is 10.5. The molecule has 5 rings (SSSR count). The minimum Gasteiger partial charge on any atom is -0.497 e. The van der Waals surface area contributed by atoms with E-state index in [1.54, 1.807) is 7.11 Å². The lowest BCUT2D eigenvalue weighted by Gasteiger charge is -2.57. The molecule has 2 aliphatic heterocycles. The highest BCUT2D eigenvalue weighted by Crippen LogP contribution is 2.42. The predicted octanol–water partition coefficient (Wildman–Crippen LogP) is 4.82. The van der Waals surface area contributed by atoms with Gasteiger partial charge in [0.1, 0.15) is 5.75 Å². The topological polar surface area (TPSA) is 65.0 Å². The van der Waals surface area contributed by atoms with Crippen LogP contribution in [-0.4, -0.2) is 66.4 Å². The van der Waals surface area contributed by atoms with Gasteiger partial charge in [0.15, 0.2) is 0 Å². The number of hydrogen-bond acceptors (Lipinski definition) is 4. The molecular weight excluding hydrogens is 438 g/mol. The number of aliphatic hydroxyl groups excluding tert-OH is 1. The zero-order valence-corrected chi connectivity index (χ0v) is 20.1. The number of benzene rings is 3. The smallest absolute Gasteiger partial charge is 0.321 e. The van der Waals surface area contributed by atoms with Crippen LogP contribution in [0.4, 0.5) is 10.5 Å². The molecule has 3 atom stereocenters. The molecule has 0 spiro atoms. The number of methoxy groups -OCH3 is 1. The van der Waals surface area contributed by atoms with Gasteiger partial charge in [-0.2, -0.15) is 0 Å². The van der Waals surface area contributed by atoms with Crippen LogP contribution in [-0.2, 0) is 0 Å². The standard InChI is InChI=1S/C29H33N3O3/c1-35-25-15-13-24(14-16-25)30-29(34)31-17-5-6-18-32-26(19-31)28(27(32)20-33)23-11-9-22(10-12-23)21-7-3-2-4-8-21/h2-4,7-16,26-28,33H,5-6,17-20H2,1H3,(H,30,34)/t26?,27-,28-/m1/s1. The first-order valence-corrected chi connectivity index (χ1v) is 12.4.